The molecule has 1 nitrogen and oxygen atoms in total. The fourth-order valence-corrected chi connectivity index (χ4v) is 3.22. The number of hydrogen-bond acceptors (Lipinski definition) is 1. The Morgan fingerprint density at radius 1 is 1.05 bits per heavy atom. The number of alkyl halides is 1. The fourth-order valence-electron chi connectivity index (χ4n) is 2.27. The topological polar surface area (TPSA) is 9.23 Å². The molecule has 2 aromatic carbocycles. The van der Waals surface area contributed by atoms with Gasteiger partial charge in [-0.05, 0) is 54.2 Å². The lowest BCUT2D eigenvalue weighted by molar-refractivity contribution is 0.414. The van der Waals surface area contributed by atoms with Crippen LogP contribution in [-0.4, -0.2) is 12.4 Å². The van der Waals surface area contributed by atoms with Crippen LogP contribution in [-0.2, 0) is 12.8 Å². The minimum Gasteiger partial charge on any atom is -0.497 e. The molecule has 0 aliphatic carbocycles. The van der Waals surface area contributed by atoms with Gasteiger partial charge in [-0.3, -0.25) is 0 Å². The normalized spacial score (nSPS) is 12.2. The number of benzene rings is 2. The summed E-state index contributed by atoms with van der Waals surface area (Å²) >= 11 is 15.8. The van der Waals surface area contributed by atoms with Crippen LogP contribution in [0.25, 0.3) is 0 Å². The SMILES string of the molecule is COc1ccc(CC(CBr)Cc2ccc(Cl)cc2Cl)cc1. The zero-order chi connectivity index (χ0) is 15.2. The Morgan fingerprint density at radius 3 is 2.33 bits per heavy atom. The Labute approximate surface area is 144 Å². The third-order valence-electron chi connectivity index (χ3n) is 3.43. The van der Waals surface area contributed by atoms with Gasteiger partial charge in [-0.2, -0.15) is 0 Å². The molecule has 4 heteroatoms. The van der Waals surface area contributed by atoms with Crippen molar-refractivity contribution < 1.29 is 4.74 Å². The molecule has 21 heavy (non-hydrogen) atoms. The van der Waals surface area contributed by atoms with Crippen molar-refractivity contribution in [3.05, 3.63) is 63.6 Å². The second-order valence-corrected chi connectivity index (χ2v) is 6.50. The van der Waals surface area contributed by atoms with Crippen LogP contribution in [0.1, 0.15) is 11.1 Å². The molecular weight excluding hydrogens is 371 g/mol. The second kappa shape index (κ2) is 8.07. The van der Waals surface area contributed by atoms with E-state index in [1.54, 1.807) is 13.2 Å². The predicted octanol–water partition coefficient (Wildman–Crippen LogP) is 5.80. The number of rotatable bonds is 6. The first-order valence-electron chi connectivity index (χ1n) is 6.75. The highest BCUT2D eigenvalue weighted by Crippen LogP contribution is 2.26. The average molecular weight is 388 g/mol. The maximum Gasteiger partial charge on any atom is 0.118 e. The molecule has 0 spiro atoms. The first kappa shape index (κ1) is 16.7. The molecule has 0 N–H and O–H groups in total. The van der Waals surface area contributed by atoms with Gasteiger partial charge in [0.2, 0.25) is 0 Å². The third-order valence-corrected chi connectivity index (χ3v) is 4.93. The molecule has 2 aromatic rings. The number of halogens is 3. The van der Waals surface area contributed by atoms with Crippen LogP contribution in [0.2, 0.25) is 10.0 Å². The van der Waals surface area contributed by atoms with Crippen LogP contribution in [0.15, 0.2) is 42.5 Å². The van der Waals surface area contributed by atoms with Crippen LogP contribution < -0.4 is 4.74 Å². The number of ether oxygens (including phenoxy) is 1. The van der Waals surface area contributed by atoms with E-state index in [9.17, 15) is 0 Å². The first-order valence-corrected chi connectivity index (χ1v) is 8.63. The average Bonchev–Trinajstić information content (AvgIpc) is 2.49. The largest absolute Gasteiger partial charge is 0.497 e. The molecule has 112 valence electrons. The van der Waals surface area contributed by atoms with Crippen molar-refractivity contribution in [3.63, 3.8) is 0 Å². The molecule has 0 amide bonds. The first-order chi connectivity index (χ1) is 10.1. The van der Waals surface area contributed by atoms with Gasteiger partial charge in [0.1, 0.15) is 5.75 Å². The lowest BCUT2D eigenvalue weighted by Gasteiger charge is -2.15. The summed E-state index contributed by atoms with van der Waals surface area (Å²) in [4.78, 5) is 0. The lowest BCUT2D eigenvalue weighted by Crippen LogP contribution is -2.10. The molecule has 0 saturated carbocycles. The van der Waals surface area contributed by atoms with Crippen LogP contribution in [0.4, 0.5) is 0 Å². The summed E-state index contributed by atoms with van der Waals surface area (Å²) in [6, 6.07) is 13.9. The molecule has 1 unspecified atom stereocenters. The van der Waals surface area contributed by atoms with E-state index in [2.05, 4.69) is 28.1 Å². The molecule has 0 bridgehead atoms. The minimum atomic E-state index is 0.483. The summed E-state index contributed by atoms with van der Waals surface area (Å²) in [6.07, 6.45) is 1.92. The zero-order valence-electron chi connectivity index (χ0n) is 11.8. The van der Waals surface area contributed by atoms with E-state index in [1.807, 2.05) is 24.3 Å². The van der Waals surface area contributed by atoms with Crippen molar-refractivity contribution in [1.82, 2.24) is 0 Å². The predicted molar refractivity (Wildman–Crippen MR) is 94.1 cm³/mol. The molecule has 0 radical (unpaired) electrons. The van der Waals surface area contributed by atoms with Crippen LogP contribution in [0.5, 0.6) is 5.75 Å². The highest BCUT2D eigenvalue weighted by molar-refractivity contribution is 9.09. The third kappa shape index (κ3) is 4.91. The van der Waals surface area contributed by atoms with E-state index in [0.717, 1.165) is 34.5 Å². The van der Waals surface area contributed by atoms with Crippen molar-refractivity contribution >= 4 is 39.1 Å². The summed E-state index contributed by atoms with van der Waals surface area (Å²) in [5.41, 5.74) is 2.43. The van der Waals surface area contributed by atoms with E-state index in [-0.39, 0.29) is 0 Å². The van der Waals surface area contributed by atoms with Gasteiger partial charge in [0.05, 0.1) is 7.11 Å². The molecule has 0 aliphatic heterocycles. The quantitative estimate of drug-likeness (QED) is 0.569. The van der Waals surface area contributed by atoms with Crippen LogP contribution in [0, 0.1) is 5.92 Å². The second-order valence-electron chi connectivity index (χ2n) is 5.01. The van der Waals surface area contributed by atoms with Gasteiger partial charge in [-0.15, -0.1) is 0 Å². The Morgan fingerprint density at radius 2 is 1.76 bits per heavy atom. The highest BCUT2D eigenvalue weighted by Gasteiger charge is 2.12. The van der Waals surface area contributed by atoms with Crippen molar-refractivity contribution in [2.75, 3.05) is 12.4 Å². The Kier molecular flexibility index (Phi) is 6.40. The van der Waals surface area contributed by atoms with E-state index in [0.29, 0.717) is 10.9 Å². The fraction of sp³-hybridized carbons (Fsp3) is 0.294. The van der Waals surface area contributed by atoms with Crippen molar-refractivity contribution in [3.8, 4) is 5.75 Å². The minimum absolute atomic E-state index is 0.483. The summed E-state index contributed by atoms with van der Waals surface area (Å²) in [5, 5.41) is 2.34. The molecule has 0 saturated heterocycles. The van der Waals surface area contributed by atoms with Gasteiger partial charge in [-0.25, -0.2) is 0 Å². The van der Waals surface area contributed by atoms with Gasteiger partial charge in [0, 0.05) is 15.4 Å². The van der Waals surface area contributed by atoms with Gasteiger partial charge in [0.15, 0.2) is 0 Å². The van der Waals surface area contributed by atoms with Crippen molar-refractivity contribution in [2.24, 2.45) is 5.92 Å². The summed E-state index contributed by atoms with van der Waals surface area (Å²) in [5.74, 6) is 1.37. The maximum atomic E-state index is 6.26. The molecule has 2 rings (SSSR count). The molecule has 1 atom stereocenters. The van der Waals surface area contributed by atoms with Gasteiger partial charge in [-0.1, -0.05) is 57.3 Å². The Bertz CT molecular complexity index is 584. The highest BCUT2D eigenvalue weighted by atomic mass is 79.9. The summed E-state index contributed by atoms with van der Waals surface area (Å²) in [6.45, 7) is 0. The van der Waals surface area contributed by atoms with Crippen molar-refractivity contribution in [2.45, 2.75) is 12.8 Å². The van der Waals surface area contributed by atoms with Crippen LogP contribution >= 0.6 is 39.1 Å². The van der Waals surface area contributed by atoms with E-state index in [4.69, 9.17) is 27.9 Å². The molecule has 0 aliphatic rings. The summed E-state index contributed by atoms with van der Waals surface area (Å²) in [7, 11) is 1.68. The number of hydrogen-bond donors (Lipinski definition) is 0. The standard InChI is InChI=1S/C17H17BrCl2O/c1-21-16-6-2-12(3-7-16)8-13(11-18)9-14-4-5-15(19)10-17(14)20/h2-7,10,13H,8-9,11H2,1H3. The van der Waals surface area contributed by atoms with Gasteiger partial charge >= 0.3 is 0 Å². The Hall–Kier alpha value is -0.700. The number of methoxy groups -OCH3 is 1. The van der Waals surface area contributed by atoms with Gasteiger partial charge in [0.25, 0.3) is 0 Å². The lowest BCUT2D eigenvalue weighted by atomic mass is 9.94. The maximum absolute atomic E-state index is 6.26. The smallest absolute Gasteiger partial charge is 0.118 e. The van der Waals surface area contributed by atoms with Gasteiger partial charge < -0.3 is 4.74 Å². The molecule has 0 fully saturated rings. The molecule has 0 heterocycles. The monoisotopic (exact) mass is 386 g/mol. The molecular formula is C17H17BrCl2O. The zero-order valence-corrected chi connectivity index (χ0v) is 14.9. The summed E-state index contributed by atoms with van der Waals surface area (Å²) < 4.78 is 5.18. The molecule has 0 aromatic heterocycles. The van der Waals surface area contributed by atoms with E-state index >= 15 is 0 Å². The Balaban J connectivity index is 2.05. The van der Waals surface area contributed by atoms with Crippen molar-refractivity contribution in [1.29, 1.82) is 0 Å². The van der Waals surface area contributed by atoms with Crippen LogP contribution in [0.3, 0.4) is 0 Å². The van der Waals surface area contributed by atoms with E-state index < -0.39 is 0 Å². The van der Waals surface area contributed by atoms with E-state index in [1.165, 1.54) is 5.56 Å².